The lowest BCUT2D eigenvalue weighted by molar-refractivity contribution is -0.117. The minimum absolute atomic E-state index is 0.0345. The third kappa shape index (κ3) is 4.16. The van der Waals surface area contributed by atoms with E-state index in [0.29, 0.717) is 18.4 Å². The maximum atomic E-state index is 13.8. The number of carbonyl (C=O) groups excluding carboxylic acids is 2. The third-order valence-electron chi connectivity index (χ3n) is 6.85. The molecular formula is C29H28N2O4. The van der Waals surface area contributed by atoms with Crippen molar-refractivity contribution in [2.24, 2.45) is 0 Å². The molecule has 178 valence electrons. The second kappa shape index (κ2) is 9.29. The molecule has 3 aromatic rings. The number of carbonyl (C=O) groups is 2. The van der Waals surface area contributed by atoms with Crippen molar-refractivity contribution in [3.05, 3.63) is 95.2 Å². The van der Waals surface area contributed by atoms with Crippen LogP contribution in [0.3, 0.4) is 0 Å². The number of hydrogen-bond donors (Lipinski definition) is 1. The molecule has 0 radical (unpaired) electrons. The van der Waals surface area contributed by atoms with E-state index in [1.807, 2.05) is 72.8 Å². The van der Waals surface area contributed by atoms with Crippen molar-refractivity contribution in [2.75, 3.05) is 24.4 Å². The predicted octanol–water partition coefficient (Wildman–Crippen LogP) is 5.62. The number of allylic oxidation sites excluding steroid dienone is 1. The van der Waals surface area contributed by atoms with Gasteiger partial charge in [-0.15, -0.1) is 0 Å². The number of Topliss-reactive ketones (excluding diaryl/α,β-unsaturated/α-hetero) is 1. The predicted molar refractivity (Wildman–Crippen MR) is 136 cm³/mol. The second-order valence-electron chi connectivity index (χ2n) is 8.90. The number of nitrogens with zero attached hydrogens (tertiary/aromatic N) is 1. The van der Waals surface area contributed by atoms with Gasteiger partial charge in [-0.25, -0.2) is 0 Å². The van der Waals surface area contributed by atoms with Crippen LogP contribution in [0.15, 0.2) is 84.1 Å². The van der Waals surface area contributed by atoms with Crippen LogP contribution in [0.4, 0.5) is 11.4 Å². The van der Waals surface area contributed by atoms with Crippen LogP contribution in [0.1, 0.15) is 42.9 Å². The van der Waals surface area contributed by atoms with Crippen LogP contribution in [-0.2, 0) is 9.59 Å². The number of anilines is 2. The van der Waals surface area contributed by atoms with Crippen molar-refractivity contribution in [2.45, 2.75) is 31.7 Å². The lowest BCUT2D eigenvalue weighted by atomic mass is 9.78. The Morgan fingerprint density at radius 1 is 0.857 bits per heavy atom. The van der Waals surface area contributed by atoms with Gasteiger partial charge in [0.2, 0.25) is 5.91 Å². The van der Waals surface area contributed by atoms with Gasteiger partial charge in [-0.1, -0.05) is 36.4 Å². The maximum absolute atomic E-state index is 13.8. The van der Waals surface area contributed by atoms with E-state index in [-0.39, 0.29) is 17.6 Å². The molecule has 6 heteroatoms. The molecule has 3 aromatic carbocycles. The molecule has 0 bridgehead atoms. The Labute approximate surface area is 205 Å². The summed E-state index contributed by atoms with van der Waals surface area (Å²) < 4.78 is 10.6. The molecule has 1 N–H and O–H groups in total. The lowest BCUT2D eigenvalue weighted by Crippen LogP contribution is -2.37. The highest BCUT2D eigenvalue weighted by Crippen LogP contribution is 2.47. The summed E-state index contributed by atoms with van der Waals surface area (Å²) in [5.74, 6) is 1.46. The zero-order valence-corrected chi connectivity index (χ0v) is 20.1. The summed E-state index contributed by atoms with van der Waals surface area (Å²) >= 11 is 0. The van der Waals surface area contributed by atoms with Crippen LogP contribution in [0.25, 0.3) is 0 Å². The van der Waals surface area contributed by atoms with Crippen LogP contribution in [0.5, 0.6) is 11.5 Å². The normalized spacial score (nSPS) is 19.3. The summed E-state index contributed by atoms with van der Waals surface area (Å²) in [6.07, 6.45) is 1.04. The number of ether oxygens (including phenoxy) is 2. The number of hydrogen-bond acceptors (Lipinski definition) is 5. The first-order chi connectivity index (χ1) is 17.0. The van der Waals surface area contributed by atoms with Crippen molar-refractivity contribution in [1.82, 2.24) is 0 Å². The summed E-state index contributed by atoms with van der Waals surface area (Å²) in [6, 6.07) is 22.7. The number of methoxy groups -OCH3 is 2. The molecule has 1 aliphatic heterocycles. The first kappa shape index (κ1) is 22.7. The van der Waals surface area contributed by atoms with E-state index < -0.39 is 6.04 Å². The summed E-state index contributed by atoms with van der Waals surface area (Å²) in [6.45, 7) is 1.55. The van der Waals surface area contributed by atoms with E-state index in [1.54, 1.807) is 26.0 Å². The second-order valence-corrected chi connectivity index (χ2v) is 8.90. The Kier molecular flexibility index (Phi) is 6.03. The molecule has 5 rings (SSSR count). The Balaban J connectivity index is 1.65. The van der Waals surface area contributed by atoms with Crippen LogP contribution in [-0.4, -0.2) is 25.9 Å². The average Bonchev–Trinajstić information content (AvgIpc) is 3.03. The Morgan fingerprint density at radius 3 is 2.06 bits per heavy atom. The van der Waals surface area contributed by atoms with Crippen molar-refractivity contribution >= 4 is 23.1 Å². The highest BCUT2D eigenvalue weighted by Gasteiger charge is 2.40. The largest absolute Gasteiger partial charge is 0.497 e. The van der Waals surface area contributed by atoms with Gasteiger partial charge in [0.05, 0.1) is 31.6 Å². The fourth-order valence-corrected chi connectivity index (χ4v) is 5.15. The van der Waals surface area contributed by atoms with E-state index in [9.17, 15) is 9.59 Å². The Bertz CT molecular complexity index is 1300. The smallest absolute Gasteiger partial charge is 0.224 e. The standard InChI is InChI=1S/C29H28N2O4/c1-18(32)31-26-7-5-4-6-24(26)30-25-16-21(19-8-12-22(34-2)13-9-19)17-27(33)28(25)29(31)20-10-14-23(35-3)15-11-20/h4-15,21,29-30H,16-17H2,1-3H3/t21-,29+/m1/s1. The van der Waals surface area contributed by atoms with Gasteiger partial charge >= 0.3 is 0 Å². The summed E-state index contributed by atoms with van der Waals surface area (Å²) in [4.78, 5) is 28.6. The van der Waals surface area contributed by atoms with Gasteiger partial charge in [0.1, 0.15) is 11.5 Å². The van der Waals surface area contributed by atoms with Crippen molar-refractivity contribution in [3.8, 4) is 11.5 Å². The topological polar surface area (TPSA) is 67.9 Å². The Hall–Kier alpha value is -4.06. The number of fused-ring (bicyclic) bond motifs is 1. The van der Waals surface area contributed by atoms with Gasteiger partial charge in [-0.3, -0.25) is 14.5 Å². The molecule has 0 saturated carbocycles. The Morgan fingerprint density at radius 2 is 1.46 bits per heavy atom. The van der Waals surface area contributed by atoms with E-state index in [2.05, 4.69) is 5.32 Å². The molecule has 0 spiro atoms. The SMILES string of the molecule is COc1ccc([C@H]2CC(=O)C3=C(C2)Nc2ccccc2N(C(C)=O)[C@H]3c2ccc(OC)cc2)cc1. The first-order valence-electron chi connectivity index (χ1n) is 11.7. The van der Waals surface area contributed by atoms with Gasteiger partial charge in [0.25, 0.3) is 0 Å². The third-order valence-corrected chi connectivity index (χ3v) is 6.85. The molecule has 2 atom stereocenters. The zero-order valence-electron chi connectivity index (χ0n) is 20.1. The van der Waals surface area contributed by atoms with Gasteiger partial charge in [-0.05, 0) is 59.9 Å². The minimum Gasteiger partial charge on any atom is -0.497 e. The number of rotatable bonds is 4. The number of nitrogens with one attached hydrogen (secondary N) is 1. The summed E-state index contributed by atoms with van der Waals surface area (Å²) in [5.41, 5.74) is 5.03. The van der Waals surface area contributed by atoms with Crippen molar-refractivity contribution < 1.29 is 19.1 Å². The maximum Gasteiger partial charge on any atom is 0.224 e. The van der Waals surface area contributed by atoms with Gasteiger partial charge < -0.3 is 14.8 Å². The zero-order chi connectivity index (χ0) is 24.5. The van der Waals surface area contributed by atoms with Gasteiger partial charge in [0, 0.05) is 24.6 Å². The van der Waals surface area contributed by atoms with Gasteiger partial charge in [-0.2, -0.15) is 0 Å². The summed E-state index contributed by atoms with van der Waals surface area (Å²) in [5, 5.41) is 3.54. The molecule has 35 heavy (non-hydrogen) atoms. The van der Waals surface area contributed by atoms with E-state index in [1.165, 1.54) is 0 Å². The van der Waals surface area contributed by atoms with Crippen LogP contribution >= 0.6 is 0 Å². The monoisotopic (exact) mass is 468 g/mol. The minimum atomic E-state index is -0.533. The molecule has 2 aliphatic rings. The molecule has 0 fully saturated rings. The molecular weight excluding hydrogens is 440 g/mol. The first-order valence-corrected chi connectivity index (χ1v) is 11.7. The molecule has 1 heterocycles. The van der Waals surface area contributed by atoms with Crippen LogP contribution < -0.4 is 19.7 Å². The van der Waals surface area contributed by atoms with Gasteiger partial charge in [0.15, 0.2) is 5.78 Å². The highest BCUT2D eigenvalue weighted by atomic mass is 16.5. The van der Waals surface area contributed by atoms with E-state index in [0.717, 1.165) is 39.7 Å². The fourth-order valence-electron chi connectivity index (χ4n) is 5.15. The molecule has 0 unspecified atom stereocenters. The lowest BCUT2D eigenvalue weighted by Gasteiger charge is -2.34. The molecule has 6 nitrogen and oxygen atoms in total. The summed E-state index contributed by atoms with van der Waals surface area (Å²) in [7, 11) is 3.26. The molecule has 0 saturated heterocycles. The van der Waals surface area contributed by atoms with E-state index in [4.69, 9.17) is 9.47 Å². The molecule has 1 aliphatic carbocycles. The number of para-hydroxylation sites is 2. The number of ketones is 1. The highest BCUT2D eigenvalue weighted by molar-refractivity contribution is 6.06. The van der Waals surface area contributed by atoms with Crippen molar-refractivity contribution in [3.63, 3.8) is 0 Å². The molecule has 0 aromatic heterocycles. The number of benzene rings is 3. The quantitative estimate of drug-likeness (QED) is 0.538. The molecule has 1 amide bonds. The van der Waals surface area contributed by atoms with Crippen LogP contribution in [0.2, 0.25) is 0 Å². The fraction of sp³-hybridized carbons (Fsp3) is 0.241. The van der Waals surface area contributed by atoms with E-state index >= 15 is 0 Å². The van der Waals surface area contributed by atoms with Crippen molar-refractivity contribution in [1.29, 1.82) is 0 Å². The van der Waals surface area contributed by atoms with Crippen LogP contribution in [0, 0.1) is 0 Å². The number of amides is 1. The average molecular weight is 469 g/mol.